The lowest BCUT2D eigenvalue weighted by Crippen LogP contribution is -2.15. The predicted molar refractivity (Wildman–Crippen MR) is 84.3 cm³/mol. The standard InChI is InChI=1S/C16H26N2O2/c1-6-7-20-16(19)18-12-8-13(10(2)3)15(17)14(9-12)11(4)5/h8-11H,6-7,17H2,1-5H3,(H,18,19). The van der Waals surface area contributed by atoms with Crippen molar-refractivity contribution in [2.45, 2.75) is 52.9 Å². The van der Waals surface area contributed by atoms with Crippen molar-refractivity contribution in [1.82, 2.24) is 0 Å². The van der Waals surface area contributed by atoms with Crippen LogP contribution in [0.5, 0.6) is 0 Å². The molecule has 0 spiro atoms. The topological polar surface area (TPSA) is 64.3 Å². The molecule has 0 atom stereocenters. The molecule has 0 aliphatic carbocycles. The lowest BCUT2D eigenvalue weighted by molar-refractivity contribution is 0.161. The average molecular weight is 278 g/mol. The highest BCUT2D eigenvalue weighted by Crippen LogP contribution is 2.33. The van der Waals surface area contributed by atoms with Gasteiger partial charge >= 0.3 is 6.09 Å². The highest BCUT2D eigenvalue weighted by molar-refractivity contribution is 5.85. The lowest BCUT2D eigenvalue weighted by atomic mass is 9.92. The van der Waals surface area contributed by atoms with Crippen LogP contribution in [0.25, 0.3) is 0 Å². The summed E-state index contributed by atoms with van der Waals surface area (Å²) < 4.78 is 5.04. The largest absolute Gasteiger partial charge is 0.449 e. The molecule has 0 aliphatic rings. The van der Waals surface area contributed by atoms with E-state index in [1.165, 1.54) is 0 Å². The van der Waals surface area contributed by atoms with Crippen LogP contribution in [0.3, 0.4) is 0 Å². The van der Waals surface area contributed by atoms with Gasteiger partial charge in [-0.25, -0.2) is 4.79 Å². The number of carbonyl (C=O) groups is 1. The molecule has 0 saturated heterocycles. The van der Waals surface area contributed by atoms with Crippen LogP contribution in [0.1, 0.15) is 64.0 Å². The van der Waals surface area contributed by atoms with Gasteiger partial charge in [0.1, 0.15) is 0 Å². The second kappa shape index (κ2) is 7.17. The minimum absolute atomic E-state index is 0.306. The molecule has 112 valence electrons. The van der Waals surface area contributed by atoms with Crippen LogP contribution in [0.4, 0.5) is 16.2 Å². The zero-order valence-corrected chi connectivity index (χ0v) is 13.1. The number of ether oxygens (including phenoxy) is 1. The first-order chi connectivity index (χ1) is 9.36. The molecule has 1 rings (SSSR count). The summed E-state index contributed by atoms with van der Waals surface area (Å²) in [4.78, 5) is 11.7. The van der Waals surface area contributed by atoms with Gasteiger partial charge in [-0.15, -0.1) is 0 Å². The van der Waals surface area contributed by atoms with Crippen LogP contribution in [0.2, 0.25) is 0 Å². The molecule has 1 aromatic rings. The van der Waals surface area contributed by atoms with E-state index in [9.17, 15) is 4.79 Å². The molecule has 1 amide bonds. The highest BCUT2D eigenvalue weighted by atomic mass is 16.5. The molecule has 4 heteroatoms. The molecule has 0 heterocycles. The molecular formula is C16H26N2O2. The number of carbonyl (C=O) groups excluding carboxylic acids is 1. The zero-order chi connectivity index (χ0) is 15.3. The Kier molecular flexibility index (Phi) is 5.86. The number of nitrogens with one attached hydrogen (secondary N) is 1. The quantitative estimate of drug-likeness (QED) is 0.781. The van der Waals surface area contributed by atoms with E-state index in [-0.39, 0.29) is 0 Å². The second-order valence-corrected chi connectivity index (χ2v) is 5.64. The van der Waals surface area contributed by atoms with Crippen molar-refractivity contribution in [3.8, 4) is 0 Å². The van der Waals surface area contributed by atoms with E-state index in [0.29, 0.717) is 18.4 Å². The van der Waals surface area contributed by atoms with Gasteiger partial charge in [0.25, 0.3) is 0 Å². The number of rotatable bonds is 5. The smallest absolute Gasteiger partial charge is 0.411 e. The van der Waals surface area contributed by atoms with Gasteiger partial charge in [0, 0.05) is 11.4 Å². The molecule has 20 heavy (non-hydrogen) atoms. The summed E-state index contributed by atoms with van der Waals surface area (Å²) in [5.41, 5.74) is 9.90. The first-order valence-corrected chi connectivity index (χ1v) is 7.23. The van der Waals surface area contributed by atoms with E-state index < -0.39 is 6.09 Å². The van der Waals surface area contributed by atoms with Gasteiger partial charge in [0.05, 0.1) is 6.61 Å². The molecule has 0 unspecified atom stereocenters. The Morgan fingerprint density at radius 1 is 1.20 bits per heavy atom. The minimum atomic E-state index is -0.416. The third-order valence-corrected chi connectivity index (χ3v) is 3.17. The predicted octanol–water partition coefficient (Wildman–Crippen LogP) is 4.47. The van der Waals surface area contributed by atoms with Crippen molar-refractivity contribution in [3.63, 3.8) is 0 Å². The number of hydrogen-bond donors (Lipinski definition) is 2. The molecule has 3 N–H and O–H groups in total. The third kappa shape index (κ3) is 4.15. The molecule has 0 aromatic heterocycles. The number of hydrogen-bond acceptors (Lipinski definition) is 3. The average Bonchev–Trinajstić information content (AvgIpc) is 2.37. The van der Waals surface area contributed by atoms with Gasteiger partial charge in [0.15, 0.2) is 0 Å². The van der Waals surface area contributed by atoms with Crippen LogP contribution in [0, 0.1) is 0 Å². The Morgan fingerprint density at radius 3 is 2.10 bits per heavy atom. The number of benzene rings is 1. The summed E-state index contributed by atoms with van der Waals surface area (Å²) in [6, 6.07) is 3.86. The maximum atomic E-state index is 11.7. The van der Waals surface area contributed by atoms with Crippen molar-refractivity contribution >= 4 is 17.5 Å². The van der Waals surface area contributed by atoms with Crippen LogP contribution in [-0.4, -0.2) is 12.7 Å². The third-order valence-electron chi connectivity index (χ3n) is 3.17. The maximum Gasteiger partial charge on any atom is 0.411 e. The van der Waals surface area contributed by atoms with Gasteiger partial charge in [-0.05, 0) is 41.5 Å². The first kappa shape index (κ1) is 16.3. The van der Waals surface area contributed by atoms with Crippen LogP contribution >= 0.6 is 0 Å². The second-order valence-electron chi connectivity index (χ2n) is 5.64. The van der Waals surface area contributed by atoms with Crippen LogP contribution in [0.15, 0.2) is 12.1 Å². The summed E-state index contributed by atoms with van der Waals surface area (Å²) in [6.45, 7) is 10.8. The normalized spacial score (nSPS) is 10.9. The molecule has 0 fully saturated rings. The number of nitrogens with two attached hydrogens (primary N) is 1. The van der Waals surface area contributed by atoms with Gasteiger partial charge in [-0.1, -0.05) is 34.6 Å². The Balaban J connectivity index is 3.05. The molecule has 0 radical (unpaired) electrons. The fourth-order valence-corrected chi connectivity index (χ4v) is 2.08. The summed E-state index contributed by atoms with van der Waals surface area (Å²) in [5, 5.41) is 2.78. The number of nitrogen functional groups attached to an aromatic ring is 1. The van der Waals surface area contributed by atoms with E-state index in [1.54, 1.807) is 0 Å². The first-order valence-electron chi connectivity index (χ1n) is 7.23. The number of anilines is 2. The fourth-order valence-electron chi connectivity index (χ4n) is 2.08. The molecule has 0 aliphatic heterocycles. The van der Waals surface area contributed by atoms with Crippen molar-refractivity contribution in [1.29, 1.82) is 0 Å². The lowest BCUT2D eigenvalue weighted by Gasteiger charge is -2.19. The zero-order valence-electron chi connectivity index (χ0n) is 13.1. The van der Waals surface area contributed by atoms with Gasteiger partial charge in [-0.2, -0.15) is 0 Å². The Bertz CT molecular complexity index is 439. The fraction of sp³-hybridized carbons (Fsp3) is 0.562. The van der Waals surface area contributed by atoms with E-state index in [4.69, 9.17) is 10.5 Å². The molecular weight excluding hydrogens is 252 g/mol. The summed E-state index contributed by atoms with van der Waals surface area (Å²) >= 11 is 0. The SMILES string of the molecule is CCCOC(=O)Nc1cc(C(C)C)c(N)c(C(C)C)c1. The van der Waals surface area contributed by atoms with Gasteiger partial charge < -0.3 is 10.5 Å². The van der Waals surface area contributed by atoms with Gasteiger partial charge in [-0.3, -0.25) is 5.32 Å². The van der Waals surface area contributed by atoms with E-state index in [0.717, 1.165) is 28.9 Å². The Hall–Kier alpha value is -1.71. The van der Waals surface area contributed by atoms with Crippen molar-refractivity contribution in [2.75, 3.05) is 17.7 Å². The Labute approximate surface area is 121 Å². The Morgan fingerprint density at radius 2 is 1.70 bits per heavy atom. The van der Waals surface area contributed by atoms with E-state index >= 15 is 0 Å². The molecule has 0 saturated carbocycles. The van der Waals surface area contributed by atoms with E-state index in [2.05, 4.69) is 33.0 Å². The summed E-state index contributed by atoms with van der Waals surface area (Å²) in [5.74, 6) is 0.613. The highest BCUT2D eigenvalue weighted by Gasteiger charge is 2.14. The molecule has 4 nitrogen and oxygen atoms in total. The maximum absolute atomic E-state index is 11.7. The minimum Gasteiger partial charge on any atom is -0.449 e. The van der Waals surface area contributed by atoms with Crippen molar-refractivity contribution < 1.29 is 9.53 Å². The molecule has 0 bridgehead atoms. The van der Waals surface area contributed by atoms with Crippen molar-refractivity contribution in [3.05, 3.63) is 23.3 Å². The van der Waals surface area contributed by atoms with Crippen molar-refractivity contribution in [2.24, 2.45) is 0 Å². The molecule has 1 aromatic carbocycles. The monoisotopic (exact) mass is 278 g/mol. The number of amides is 1. The van der Waals surface area contributed by atoms with Gasteiger partial charge in [0.2, 0.25) is 0 Å². The van der Waals surface area contributed by atoms with Crippen LogP contribution in [-0.2, 0) is 4.74 Å². The van der Waals surface area contributed by atoms with E-state index in [1.807, 2.05) is 19.1 Å². The van der Waals surface area contributed by atoms with Crippen LogP contribution < -0.4 is 11.1 Å². The summed E-state index contributed by atoms with van der Waals surface area (Å²) in [6.07, 6.45) is 0.393. The summed E-state index contributed by atoms with van der Waals surface area (Å²) in [7, 11) is 0.